The van der Waals surface area contributed by atoms with Gasteiger partial charge in [0.1, 0.15) is 0 Å². The zero-order chi connectivity index (χ0) is 15.1. The van der Waals surface area contributed by atoms with Gasteiger partial charge in [-0.25, -0.2) is 4.79 Å². The summed E-state index contributed by atoms with van der Waals surface area (Å²) in [5.41, 5.74) is 1.65. The van der Waals surface area contributed by atoms with Gasteiger partial charge in [0.05, 0.1) is 19.4 Å². The Balaban J connectivity index is 2.79. The van der Waals surface area contributed by atoms with Crippen LogP contribution in [0.15, 0.2) is 24.3 Å². The Hall–Kier alpha value is -2.44. The van der Waals surface area contributed by atoms with Crippen molar-refractivity contribution in [2.45, 2.75) is 19.3 Å². The van der Waals surface area contributed by atoms with Crippen molar-refractivity contribution in [2.24, 2.45) is 0 Å². The van der Waals surface area contributed by atoms with Crippen LogP contribution in [0, 0.1) is 17.0 Å². The highest BCUT2D eigenvalue weighted by Gasteiger charge is 2.23. The highest BCUT2D eigenvalue weighted by atomic mass is 16.7. The van der Waals surface area contributed by atoms with Gasteiger partial charge in [0.15, 0.2) is 0 Å². The number of nitrogens with zero attached hydrogens (tertiary/aromatic N) is 1. The SMILES string of the molecule is COC(=O)OC(=O)CC(C[N+](=O)[O-])c1ccc(C)cc1. The van der Waals surface area contributed by atoms with Gasteiger partial charge in [-0.1, -0.05) is 29.8 Å². The number of nitro groups is 1. The molecule has 0 N–H and O–H groups in total. The van der Waals surface area contributed by atoms with Gasteiger partial charge in [-0.05, 0) is 12.5 Å². The molecule has 108 valence electrons. The van der Waals surface area contributed by atoms with Crippen LogP contribution in [0.25, 0.3) is 0 Å². The lowest BCUT2D eigenvalue weighted by Gasteiger charge is -2.12. The zero-order valence-corrected chi connectivity index (χ0v) is 11.2. The van der Waals surface area contributed by atoms with E-state index in [1.807, 2.05) is 6.92 Å². The van der Waals surface area contributed by atoms with Crippen molar-refractivity contribution >= 4 is 12.1 Å². The number of rotatable bonds is 5. The highest BCUT2D eigenvalue weighted by Crippen LogP contribution is 2.21. The maximum Gasteiger partial charge on any atom is 0.515 e. The second kappa shape index (κ2) is 7.22. The second-order valence-electron chi connectivity index (χ2n) is 4.26. The summed E-state index contributed by atoms with van der Waals surface area (Å²) in [4.78, 5) is 32.5. The van der Waals surface area contributed by atoms with Gasteiger partial charge in [0.25, 0.3) is 0 Å². The summed E-state index contributed by atoms with van der Waals surface area (Å²) < 4.78 is 8.52. The minimum absolute atomic E-state index is 0.265. The molecule has 0 radical (unpaired) electrons. The van der Waals surface area contributed by atoms with Crippen LogP contribution in [0.2, 0.25) is 0 Å². The van der Waals surface area contributed by atoms with E-state index in [-0.39, 0.29) is 6.42 Å². The fraction of sp³-hybridized carbons (Fsp3) is 0.385. The maximum absolute atomic E-state index is 11.5. The molecule has 1 atom stereocenters. The first-order valence-corrected chi connectivity index (χ1v) is 5.89. The molecule has 1 aromatic rings. The average molecular weight is 281 g/mol. The molecule has 0 saturated heterocycles. The first-order chi connectivity index (χ1) is 9.42. The third kappa shape index (κ3) is 5.05. The molecule has 7 nitrogen and oxygen atoms in total. The van der Waals surface area contributed by atoms with Gasteiger partial charge < -0.3 is 9.47 Å². The normalized spacial score (nSPS) is 11.5. The Kier molecular flexibility index (Phi) is 5.64. The summed E-state index contributed by atoms with van der Waals surface area (Å²) in [6, 6.07) is 7.03. The third-order valence-electron chi connectivity index (χ3n) is 2.70. The molecule has 0 fully saturated rings. The molecule has 0 aliphatic rings. The molecule has 0 aromatic heterocycles. The summed E-state index contributed by atoms with van der Waals surface area (Å²) in [7, 11) is 1.07. The fourth-order valence-electron chi connectivity index (χ4n) is 1.68. The molecule has 1 aromatic carbocycles. The monoisotopic (exact) mass is 281 g/mol. The minimum Gasteiger partial charge on any atom is -0.437 e. The fourth-order valence-corrected chi connectivity index (χ4v) is 1.68. The largest absolute Gasteiger partial charge is 0.515 e. The smallest absolute Gasteiger partial charge is 0.437 e. The van der Waals surface area contributed by atoms with E-state index in [4.69, 9.17) is 0 Å². The molecule has 0 saturated carbocycles. The predicted molar refractivity (Wildman–Crippen MR) is 68.9 cm³/mol. The molecule has 1 unspecified atom stereocenters. The molecule has 0 amide bonds. The molecule has 0 aliphatic carbocycles. The zero-order valence-electron chi connectivity index (χ0n) is 11.2. The van der Waals surface area contributed by atoms with Crippen LogP contribution in [0.5, 0.6) is 0 Å². The van der Waals surface area contributed by atoms with Gasteiger partial charge in [0, 0.05) is 4.92 Å². The number of carbonyl (C=O) groups excluding carboxylic acids is 2. The molecule has 20 heavy (non-hydrogen) atoms. The van der Waals surface area contributed by atoms with Gasteiger partial charge in [-0.15, -0.1) is 0 Å². The van der Waals surface area contributed by atoms with Gasteiger partial charge in [-0.3, -0.25) is 14.9 Å². The lowest BCUT2D eigenvalue weighted by molar-refractivity contribution is -0.483. The van der Waals surface area contributed by atoms with Crippen molar-refractivity contribution in [3.63, 3.8) is 0 Å². The van der Waals surface area contributed by atoms with Gasteiger partial charge in [0.2, 0.25) is 6.54 Å². The quantitative estimate of drug-likeness (QED) is 0.355. The summed E-state index contributed by atoms with van der Waals surface area (Å²) >= 11 is 0. The number of benzene rings is 1. The average Bonchev–Trinajstić information content (AvgIpc) is 2.38. The lowest BCUT2D eigenvalue weighted by atomic mass is 9.95. The van der Waals surface area contributed by atoms with Crippen molar-refractivity contribution in [1.29, 1.82) is 0 Å². The van der Waals surface area contributed by atoms with E-state index in [0.717, 1.165) is 12.7 Å². The number of hydrogen-bond acceptors (Lipinski definition) is 6. The van der Waals surface area contributed by atoms with Crippen LogP contribution in [-0.2, 0) is 14.3 Å². The van der Waals surface area contributed by atoms with E-state index in [1.54, 1.807) is 24.3 Å². The summed E-state index contributed by atoms with van der Waals surface area (Å²) in [5, 5.41) is 10.7. The predicted octanol–water partition coefficient (Wildman–Crippen LogP) is 2.06. The molecule has 1 rings (SSSR count). The first-order valence-electron chi connectivity index (χ1n) is 5.89. The Morgan fingerprint density at radius 3 is 2.40 bits per heavy atom. The number of esters is 1. The van der Waals surface area contributed by atoms with Crippen LogP contribution >= 0.6 is 0 Å². The molecule has 0 heterocycles. The van der Waals surface area contributed by atoms with E-state index in [0.29, 0.717) is 5.56 Å². The van der Waals surface area contributed by atoms with Crippen molar-refractivity contribution in [3.8, 4) is 0 Å². The second-order valence-corrected chi connectivity index (χ2v) is 4.26. The number of methoxy groups -OCH3 is 1. The summed E-state index contributed by atoms with van der Waals surface area (Å²) in [6.07, 6.45) is -1.39. The van der Waals surface area contributed by atoms with Crippen LogP contribution in [0.1, 0.15) is 23.5 Å². The number of carbonyl (C=O) groups is 2. The van der Waals surface area contributed by atoms with E-state index >= 15 is 0 Å². The van der Waals surface area contributed by atoms with E-state index < -0.39 is 29.5 Å². The maximum atomic E-state index is 11.5. The molecular formula is C13H15NO6. The Bertz CT molecular complexity index is 496. The number of aryl methyl sites for hydroxylation is 1. The van der Waals surface area contributed by atoms with Crippen molar-refractivity contribution < 1.29 is 24.0 Å². The van der Waals surface area contributed by atoms with Gasteiger partial charge in [-0.2, -0.15) is 0 Å². The Labute approximate surface area is 115 Å². The highest BCUT2D eigenvalue weighted by molar-refractivity contribution is 5.82. The van der Waals surface area contributed by atoms with E-state index in [2.05, 4.69) is 9.47 Å². The van der Waals surface area contributed by atoms with Crippen LogP contribution in [0.3, 0.4) is 0 Å². The Morgan fingerprint density at radius 2 is 1.90 bits per heavy atom. The standard InChI is InChI=1S/C13H15NO6/c1-9-3-5-10(6-4-9)11(8-14(17)18)7-12(15)20-13(16)19-2/h3-6,11H,7-8H2,1-2H3. The molecule has 7 heteroatoms. The number of hydrogen-bond donors (Lipinski definition) is 0. The van der Waals surface area contributed by atoms with Crippen molar-refractivity contribution in [2.75, 3.05) is 13.7 Å². The molecule has 0 spiro atoms. The first kappa shape index (κ1) is 15.6. The summed E-state index contributed by atoms with van der Waals surface area (Å²) in [5.74, 6) is -1.51. The number of ether oxygens (including phenoxy) is 2. The molecule has 0 bridgehead atoms. The van der Waals surface area contributed by atoms with Crippen LogP contribution in [-0.4, -0.2) is 30.7 Å². The van der Waals surface area contributed by atoms with Gasteiger partial charge >= 0.3 is 12.1 Å². The summed E-state index contributed by atoms with van der Waals surface area (Å²) in [6.45, 7) is 1.47. The molecule has 0 aliphatic heterocycles. The van der Waals surface area contributed by atoms with E-state index in [1.165, 1.54) is 0 Å². The molecular weight excluding hydrogens is 266 g/mol. The minimum atomic E-state index is -1.13. The Morgan fingerprint density at radius 1 is 1.30 bits per heavy atom. The van der Waals surface area contributed by atoms with Crippen molar-refractivity contribution in [1.82, 2.24) is 0 Å². The van der Waals surface area contributed by atoms with Crippen molar-refractivity contribution in [3.05, 3.63) is 45.5 Å². The van der Waals surface area contributed by atoms with E-state index in [9.17, 15) is 19.7 Å². The van der Waals surface area contributed by atoms with Crippen LogP contribution < -0.4 is 0 Å². The van der Waals surface area contributed by atoms with Crippen LogP contribution in [0.4, 0.5) is 4.79 Å². The topological polar surface area (TPSA) is 95.7 Å². The third-order valence-corrected chi connectivity index (χ3v) is 2.70. The lowest BCUT2D eigenvalue weighted by Crippen LogP contribution is -2.20.